The Morgan fingerprint density at radius 2 is 0.909 bits per heavy atom. The van der Waals surface area contributed by atoms with Crippen LogP contribution in [0.15, 0.2) is 12.3 Å². The molecule has 0 aromatic heterocycles. The molecular weight excluding hydrogens is 268 g/mol. The van der Waals surface area contributed by atoms with Gasteiger partial charge in [0, 0.05) is 0 Å². The third-order valence-corrected chi connectivity index (χ3v) is 4.35. The van der Waals surface area contributed by atoms with Crippen LogP contribution in [0.3, 0.4) is 0 Å². The van der Waals surface area contributed by atoms with Crippen molar-refractivity contribution in [3.63, 3.8) is 0 Å². The van der Waals surface area contributed by atoms with Crippen molar-refractivity contribution in [2.75, 3.05) is 6.61 Å². The van der Waals surface area contributed by atoms with Crippen LogP contribution in [0.2, 0.25) is 0 Å². The van der Waals surface area contributed by atoms with Crippen molar-refractivity contribution in [2.24, 2.45) is 0 Å². The summed E-state index contributed by atoms with van der Waals surface area (Å²) in [5, 5.41) is 0. The van der Waals surface area contributed by atoms with E-state index in [0.717, 1.165) is 6.61 Å². The fourth-order valence-corrected chi connectivity index (χ4v) is 2.90. The number of ether oxygens (including phenoxy) is 1. The number of allylic oxidation sites excluding steroid dienone is 1. The molecule has 0 N–H and O–H groups in total. The lowest BCUT2D eigenvalue weighted by molar-refractivity contribution is 0.240. The molecule has 0 bridgehead atoms. The molecule has 1 heteroatoms. The van der Waals surface area contributed by atoms with E-state index in [0.29, 0.717) is 0 Å². The van der Waals surface area contributed by atoms with Crippen molar-refractivity contribution in [3.05, 3.63) is 12.3 Å². The van der Waals surface area contributed by atoms with Gasteiger partial charge in [0.05, 0.1) is 12.9 Å². The Morgan fingerprint density at radius 1 is 0.545 bits per heavy atom. The van der Waals surface area contributed by atoms with E-state index in [-0.39, 0.29) is 0 Å². The van der Waals surface area contributed by atoms with Crippen LogP contribution >= 0.6 is 0 Å². The Hall–Kier alpha value is -0.460. The van der Waals surface area contributed by atoms with Crippen LogP contribution in [-0.2, 0) is 4.74 Å². The van der Waals surface area contributed by atoms with E-state index in [1.807, 2.05) is 13.0 Å². The quantitative estimate of drug-likeness (QED) is 0.185. The maximum atomic E-state index is 5.32. The third-order valence-electron chi connectivity index (χ3n) is 4.35. The molecule has 0 fully saturated rings. The minimum absolute atomic E-state index is 0.892. The first kappa shape index (κ1) is 21.5. The van der Waals surface area contributed by atoms with Gasteiger partial charge >= 0.3 is 0 Å². The number of rotatable bonds is 18. The molecule has 0 aliphatic carbocycles. The first-order valence-corrected chi connectivity index (χ1v) is 10.1. The van der Waals surface area contributed by atoms with Gasteiger partial charge in [0.25, 0.3) is 0 Å². The molecule has 0 amide bonds. The van der Waals surface area contributed by atoms with Crippen molar-refractivity contribution < 1.29 is 4.74 Å². The van der Waals surface area contributed by atoms with Crippen molar-refractivity contribution >= 4 is 0 Å². The smallest absolute Gasteiger partial charge is 0.0873 e. The van der Waals surface area contributed by atoms with Gasteiger partial charge in [-0.1, -0.05) is 109 Å². The number of hydrogen-bond donors (Lipinski definition) is 0. The Balaban J connectivity index is 2.94. The van der Waals surface area contributed by atoms with Gasteiger partial charge in [-0.2, -0.15) is 0 Å². The second kappa shape index (κ2) is 20.5. The zero-order valence-electron chi connectivity index (χ0n) is 15.6. The molecule has 0 aliphatic rings. The van der Waals surface area contributed by atoms with Crippen molar-refractivity contribution in [1.82, 2.24) is 0 Å². The van der Waals surface area contributed by atoms with E-state index in [1.54, 1.807) is 6.26 Å². The average molecular weight is 311 g/mol. The summed E-state index contributed by atoms with van der Waals surface area (Å²) in [6.45, 7) is 5.18. The summed E-state index contributed by atoms with van der Waals surface area (Å²) in [4.78, 5) is 0. The third kappa shape index (κ3) is 19.5. The second-order valence-corrected chi connectivity index (χ2v) is 6.64. The lowest BCUT2D eigenvalue weighted by Crippen LogP contribution is -1.88. The fourth-order valence-electron chi connectivity index (χ4n) is 2.90. The number of unbranched alkanes of at least 4 members (excludes halogenated alkanes) is 15. The molecule has 0 heterocycles. The molecule has 0 rings (SSSR count). The molecule has 0 radical (unpaired) electrons. The Bertz CT molecular complexity index is 210. The molecule has 132 valence electrons. The van der Waals surface area contributed by atoms with Crippen LogP contribution in [0.5, 0.6) is 0 Å². The minimum atomic E-state index is 0.892. The largest absolute Gasteiger partial charge is 0.502 e. The topological polar surface area (TPSA) is 9.23 Å². The fraction of sp³-hybridized carbons (Fsp3) is 0.905. The Labute approximate surface area is 140 Å². The van der Waals surface area contributed by atoms with Gasteiger partial charge in [0.15, 0.2) is 0 Å². The summed E-state index contributed by atoms with van der Waals surface area (Å²) in [5.41, 5.74) is 0. The summed E-state index contributed by atoms with van der Waals surface area (Å²) in [6, 6.07) is 0. The van der Waals surface area contributed by atoms with Crippen LogP contribution in [0, 0.1) is 0 Å². The molecule has 0 saturated carbocycles. The highest BCUT2D eigenvalue weighted by atomic mass is 16.5. The van der Waals surface area contributed by atoms with Crippen LogP contribution in [0.4, 0.5) is 0 Å². The predicted molar refractivity (Wildman–Crippen MR) is 100 cm³/mol. The highest BCUT2D eigenvalue weighted by molar-refractivity contribution is 4.64. The van der Waals surface area contributed by atoms with Gasteiger partial charge in [-0.05, 0) is 13.3 Å². The minimum Gasteiger partial charge on any atom is -0.502 e. The lowest BCUT2D eigenvalue weighted by Gasteiger charge is -2.03. The summed E-state index contributed by atoms with van der Waals surface area (Å²) >= 11 is 0. The van der Waals surface area contributed by atoms with E-state index < -0.39 is 0 Å². The molecule has 0 spiro atoms. The highest BCUT2D eigenvalue weighted by Crippen LogP contribution is 2.13. The summed E-state index contributed by atoms with van der Waals surface area (Å²) < 4.78 is 5.32. The van der Waals surface area contributed by atoms with E-state index in [9.17, 15) is 0 Å². The molecule has 0 atom stereocenters. The van der Waals surface area contributed by atoms with Crippen LogP contribution in [-0.4, -0.2) is 6.61 Å². The standard InChI is InChI=1S/C21H42O/c1-3-5-6-7-8-9-10-11-12-13-14-15-16-17-18-19-21-22-20-4-2/h4,20H,3,5-19,21H2,1-2H3/b20-4+. The summed E-state index contributed by atoms with van der Waals surface area (Å²) in [7, 11) is 0. The molecule has 22 heavy (non-hydrogen) atoms. The van der Waals surface area contributed by atoms with Crippen molar-refractivity contribution in [3.8, 4) is 0 Å². The van der Waals surface area contributed by atoms with Crippen LogP contribution in [0.1, 0.15) is 117 Å². The zero-order chi connectivity index (χ0) is 16.1. The summed E-state index contributed by atoms with van der Waals surface area (Å²) in [5.74, 6) is 0. The summed E-state index contributed by atoms with van der Waals surface area (Å²) in [6.07, 6.45) is 26.5. The maximum absolute atomic E-state index is 5.32. The van der Waals surface area contributed by atoms with Gasteiger partial charge in [-0.3, -0.25) is 0 Å². The molecule has 1 nitrogen and oxygen atoms in total. The first-order chi connectivity index (χ1) is 10.9. The highest BCUT2D eigenvalue weighted by Gasteiger charge is 1.94. The molecule has 0 unspecified atom stereocenters. The monoisotopic (exact) mass is 310 g/mol. The lowest BCUT2D eigenvalue weighted by atomic mass is 10.0. The van der Waals surface area contributed by atoms with Gasteiger partial charge < -0.3 is 4.74 Å². The van der Waals surface area contributed by atoms with Gasteiger partial charge in [0.2, 0.25) is 0 Å². The molecule has 0 aromatic rings. The van der Waals surface area contributed by atoms with E-state index >= 15 is 0 Å². The molecule has 0 saturated heterocycles. The van der Waals surface area contributed by atoms with Gasteiger partial charge in [-0.25, -0.2) is 0 Å². The van der Waals surface area contributed by atoms with E-state index in [4.69, 9.17) is 4.74 Å². The predicted octanol–water partition coefficient (Wildman–Crippen LogP) is 7.80. The van der Waals surface area contributed by atoms with E-state index in [1.165, 1.54) is 103 Å². The first-order valence-electron chi connectivity index (χ1n) is 10.1. The zero-order valence-corrected chi connectivity index (χ0v) is 15.6. The Morgan fingerprint density at radius 3 is 1.27 bits per heavy atom. The molecular formula is C21H42O. The van der Waals surface area contributed by atoms with Crippen molar-refractivity contribution in [2.45, 2.75) is 117 Å². The maximum Gasteiger partial charge on any atom is 0.0873 e. The SMILES string of the molecule is C/C=C/OCCCCCCCCCCCCCCCCCC. The van der Waals surface area contributed by atoms with Gasteiger partial charge in [0.1, 0.15) is 0 Å². The molecule has 0 aliphatic heterocycles. The number of hydrogen-bond acceptors (Lipinski definition) is 1. The van der Waals surface area contributed by atoms with Crippen molar-refractivity contribution in [1.29, 1.82) is 0 Å². The van der Waals surface area contributed by atoms with Crippen LogP contribution in [0.25, 0.3) is 0 Å². The average Bonchev–Trinajstić information content (AvgIpc) is 2.54. The normalized spacial score (nSPS) is 11.4. The second-order valence-electron chi connectivity index (χ2n) is 6.64. The van der Waals surface area contributed by atoms with Crippen LogP contribution < -0.4 is 0 Å². The molecule has 0 aromatic carbocycles. The van der Waals surface area contributed by atoms with Gasteiger partial charge in [-0.15, -0.1) is 0 Å². The Kier molecular flexibility index (Phi) is 20.1. The van der Waals surface area contributed by atoms with E-state index in [2.05, 4.69) is 6.92 Å².